The lowest BCUT2D eigenvalue weighted by atomic mass is 9.84. The number of halogens is 1. The topological polar surface area (TPSA) is 94.7 Å². The van der Waals surface area contributed by atoms with E-state index in [0.29, 0.717) is 22.6 Å². The Morgan fingerprint density at radius 1 is 1.25 bits per heavy atom. The highest BCUT2D eigenvalue weighted by Crippen LogP contribution is 2.33. The van der Waals surface area contributed by atoms with E-state index < -0.39 is 11.9 Å². The second-order valence-corrected chi connectivity index (χ2v) is 11.4. The van der Waals surface area contributed by atoms with E-state index in [4.69, 9.17) is 0 Å². The second kappa shape index (κ2) is 10.5. The zero-order valence-electron chi connectivity index (χ0n) is 20.1. The summed E-state index contributed by atoms with van der Waals surface area (Å²) >= 11 is 2.53. The molecule has 4 aromatic rings. The van der Waals surface area contributed by atoms with Gasteiger partial charge >= 0.3 is 0 Å². The maximum Gasteiger partial charge on any atom is 0.261 e. The number of benzene rings is 1. The Morgan fingerprint density at radius 2 is 2.06 bits per heavy atom. The zero-order chi connectivity index (χ0) is 25.2. The van der Waals surface area contributed by atoms with E-state index in [1.165, 1.54) is 40.8 Å². The molecule has 0 aliphatic heterocycles. The number of anilines is 1. The Balaban J connectivity index is 1.52. The molecule has 11 heteroatoms. The van der Waals surface area contributed by atoms with Gasteiger partial charge in [-0.15, -0.1) is 11.3 Å². The van der Waals surface area contributed by atoms with Crippen LogP contribution in [0.3, 0.4) is 0 Å². The van der Waals surface area contributed by atoms with Crippen molar-refractivity contribution >= 4 is 45.0 Å². The fourth-order valence-corrected chi connectivity index (χ4v) is 6.19. The molecule has 36 heavy (non-hydrogen) atoms. The normalized spacial score (nSPS) is 15.3. The van der Waals surface area contributed by atoms with Gasteiger partial charge in [-0.25, -0.2) is 19.3 Å². The number of thiazole rings is 1. The number of carbonyl (C=O) groups excluding carboxylic acids is 1. The van der Waals surface area contributed by atoms with Gasteiger partial charge in [0.1, 0.15) is 11.9 Å². The molecular formula is C25H27FN6O2S2. The molecule has 0 radical (unpaired) electrons. The van der Waals surface area contributed by atoms with E-state index in [-0.39, 0.29) is 27.3 Å². The Morgan fingerprint density at radius 3 is 2.75 bits per heavy atom. The maximum absolute atomic E-state index is 14.8. The third-order valence-corrected chi connectivity index (χ3v) is 8.52. The van der Waals surface area contributed by atoms with Crippen LogP contribution in [-0.4, -0.2) is 30.0 Å². The minimum Gasteiger partial charge on any atom is -0.329 e. The van der Waals surface area contributed by atoms with Gasteiger partial charge in [-0.05, 0) is 37.1 Å². The number of hydrogen-bond acceptors (Lipinski definition) is 7. The first-order valence-corrected chi connectivity index (χ1v) is 13.6. The summed E-state index contributed by atoms with van der Waals surface area (Å²) < 4.78 is 18.0. The minimum absolute atomic E-state index is 0.255. The zero-order valence-corrected chi connectivity index (χ0v) is 21.7. The first-order valence-electron chi connectivity index (χ1n) is 12.0. The highest BCUT2D eigenvalue weighted by atomic mass is 32.2. The van der Waals surface area contributed by atoms with Crippen molar-refractivity contribution in [2.75, 3.05) is 5.32 Å². The van der Waals surface area contributed by atoms with Gasteiger partial charge in [0.2, 0.25) is 5.91 Å². The molecular weight excluding hydrogens is 499 g/mol. The van der Waals surface area contributed by atoms with E-state index >= 15 is 0 Å². The summed E-state index contributed by atoms with van der Waals surface area (Å²) in [5, 5.41) is 4.26. The summed E-state index contributed by atoms with van der Waals surface area (Å²) in [5.74, 6) is -0.420. The average molecular weight is 527 g/mol. The van der Waals surface area contributed by atoms with Crippen molar-refractivity contribution in [3.05, 3.63) is 58.1 Å². The molecule has 1 aromatic carbocycles. The van der Waals surface area contributed by atoms with Gasteiger partial charge in [-0.3, -0.25) is 14.2 Å². The van der Waals surface area contributed by atoms with Crippen LogP contribution in [0.5, 0.6) is 0 Å². The van der Waals surface area contributed by atoms with E-state index in [0.717, 1.165) is 42.3 Å². The summed E-state index contributed by atoms with van der Waals surface area (Å²) in [4.78, 5) is 41.2. The molecule has 1 aliphatic rings. The van der Waals surface area contributed by atoms with Crippen molar-refractivity contribution in [3.8, 4) is 0 Å². The molecule has 8 nitrogen and oxygen atoms in total. The molecule has 1 fully saturated rings. The third-order valence-electron chi connectivity index (χ3n) is 6.59. The smallest absolute Gasteiger partial charge is 0.261 e. The Hall–Kier alpha value is -3.05. The van der Waals surface area contributed by atoms with Gasteiger partial charge < -0.3 is 9.88 Å². The second-order valence-electron chi connectivity index (χ2n) is 9.20. The first kappa shape index (κ1) is 24.6. The fourth-order valence-electron chi connectivity index (χ4n) is 4.67. The number of nitrogens with zero attached hydrogens (tertiary/aromatic N) is 5. The molecule has 0 saturated heterocycles. The number of imidazole rings is 1. The van der Waals surface area contributed by atoms with Crippen LogP contribution in [0.1, 0.15) is 49.4 Å². The lowest BCUT2D eigenvalue weighted by Gasteiger charge is -2.27. The number of aromatic nitrogens is 5. The lowest BCUT2D eigenvalue weighted by Crippen LogP contribution is -2.35. The van der Waals surface area contributed by atoms with E-state index in [1.54, 1.807) is 23.2 Å². The number of amides is 1. The third kappa shape index (κ3) is 5.22. The summed E-state index contributed by atoms with van der Waals surface area (Å²) in [5.41, 5.74) is -0.113. The molecule has 1 N–H and O–H groups in total. The van der Waals surface area contributed by atoms with Crippen LogP contribution in [0.2, 0.25) is 0 Å². The molecule has 3 aromatic heterocycles. The maximum atomic E-state index is 14.8. The number of aryl methyl sites for hydroxylation is 2. The standard InChI is InChI=1S/C25H27FN6O2S2/c1-15-13-28-24(35-15)30-22(33)20(10-16-6-4-3-5-7-16)32-14-29-19-12-18(26)21(11-17(19)23(32)34)36-25-27-8-9-31(25)2/h8-9,11-14,16,20H,3-7,10H2,1-2H3,(H,28,30,33). The molecule has 1 aliphatic carbocycles. The molecule has 0 spiro atoms. The summed E-state index contributed by atoms with van der Waals surface area (Å²) in [6.45, 7) is 1.92. The molecule has 0 bridgehead atoms. The van der Waals surface area contributed by atoms with Crippen molar-refractivity contribution < 1.29 is 9.18 Å². The summed E-state index contributed by atoms with van der Waals surface area (Å²) in [7, 11) is 1.82. The van der Waals surface area contributed by atoms with Gasteiger partial charge in [0.25, 0.3) is 5.56 Å². The molecule has 3 heterocycles. The Labute approximate surface area is 216 Å². The number of carbonyl (C=O) groups is 1. The number of rotatable bonds is 7. The minimum atomic E-state index is -0.739. The van der Waals surface area contributed by atoms with Crippen molar-refractivity contribution in [1.82, 2.24) is 24.1 Å². The van der Waals surface area contributed by atoms with Gasteiger partial charge in [0, 0.05) is 36.6 Å². The summed E-state index contributed by atoms with van der Waals surface area (Å²) in [6, 6.07) is 2.04. The van der Waals surface area contributed by atoms with E-state index in [2.05, 4.69) is 20.3 Å². The van der Waals surface area contributed by atoms with Crippen molar-refractivity contribution in [1.29, 1.82) is 0 Å². The molecule has 1 saturated carbocycles. The highest BCUT2D eigenvalue weighted by molar-refractivity contribution is 7.99. The molecule has 1 atom stereocenters. The van der Waals surface area contributed by atoms with Crippen molar-refractivity contribution in [2.24, 2.45) is 13.0 Å². The van der Waals surface area contributed by atoms with Crippen LogP contribution < -0.4 is 10.9 Å². The van der Waals surface area contributed by atoms with Crippen LogP contribution in [-0.2, 0) is 11.8 Å². The van der Waals surface area contributed by atoms with Gasteiger partial charge in [0.05, 0.1) is 22.1 Å². The van der Waals surface area contributed by atoms with Gasteiger partial charge in [-0.1, -0.05) is 32.1 Å². The number of fused-ring (bicyclic) bond motifs is 1. The van der Waals surface area contributed by atoms with E-state index in [9.17, 15) is 14.0 Å². The Bertz CT molecular complexity index is 1460. The van der Waals surface area contributed by atoms with Crippen LogP contribution in [0.4, 0.5) is 9.52 Å². The monoisotopic (exact) mass is 526 g/mol. The predicted octanol–water partition coefficient (Wildman–Crippen LogP) is 5.34. The van der Waals surface area contributed by atoms with Crippen LogP contribution in [0, 0.1) is 18.7 Å². The van der Waals surface area contributed by atoms with Gasteiger partial charge in [-0.2, -0.15) is 0 Å². The SMILES string of the molecule is Cc1cnc(NC(=O)C(CC2CCCCC2)n2cnc3cc(F)c(Sc4nccn4C)cc3c2=O)s1. The highest BCUT2D eigenvalue weighted by Gasteiger charge is 2.28. The molecule has 1 amide bonds. The molecule has 5 rings (SSSR count). The Kier molecular flexibility index (Phi) is 7.20. The first-order chi connectivity index (χ1) is 17.4. The number of nitrogens with one attached hydrogen (secondary N) is 1. The van der Waals surface area contributed by atoms with Crippen LogP contribution in [0.25, 0.3) is 10.9 Å². The van der Waals surface area contributed by atoms with Crippen molar-refractivity contribution in [3.63, 3.8) is 0 Å². The van der Waals surface area contributed by atoms with Crippen LogP contribution in [0.15, 0.2) is 51.9 Å². The average Bonchev–Trinajstić information content (AvgIpc) is 3.46. The predicted molar refractivity (Wildman–Crippen MR) is 139 cm³/mol. The number of hydrogen-bond donors (Lipinski definition) is 1. The van der Waals surface area contributed by atoms with E-state index in [1.807, 2.05) is 14.0 Å². The molecule has 1 unspecified atom stereocenters. The van der Waals surface area contributed by atoms with Gasteiger partial charge in [0.15, 0.2) is 10.3 Å². The summed E-state index contributed by atoms with van der Waals surface area (Å²) in [6.07, 6.45) is 12.5. The quantitative estimate of drug-likeness (QED) is 0.350. The van der Waals surface area contributed by atoms with Crippen molar-refractivity contribution in [2.45, 2.75) is 61.5 Å². The fraction of sp³-hybridized carbons (Fsp3) is 0.400. The molecule has 188 valence electrons. The largest absolute Gasteiger partial charge is 0.329 e. The van der Waals surface area contributed by atoms with Crippen LogP contribution >= 0.6 is 23.1 Å². The lowest BCUT2D eigenvalue weighted by molar-refractivity contribution is -0.120.